The van der Waals surface area contributed by atoms with E-state index in [0.29, 0.717) is 18.8 Å². The Bertz CT molecular complexity index is 635. The second-order valence-corrected chi connectivity index (χ2v) is 4.74. The van der Waals surface area contributed by atoms with Crippen LogP contribution in [0.3, 0.4) is 0 Å². The molecule has 5 nitrogen and oxygen atoms in total. The van der Waals surface area contributed by atoms with Crippen LogP contribution < -0.4 is 5.73 Å². The molecule has 0 unspecified atom stereocenters. The number of aromatic hydroxyl groups is 2. The maximum Gasteiger partial charge on any atom is 0.261 e. The summed E-state index contributed by atoms with van der Waals surface area (Å²) in [5, 5.41) is 19.6. The molecule has 110 valence electrons. The third-order valence-electron chi connectivity index (χ3n) is 3.23. The number of hydrogen-bond acceptors (Lipinski definition) is 4. The second-order valence-electron chi connectivity index (χ2n) is 4.74. The average molecular weight is 286 g/mol. The van der Waals surface area contributed by atoms with Gasteiger partial charge in [-0.15, -0.1) is 0 Å². The van der Waals surface area contributed by atoms with E-state index in [2.05, 4.69) is 0 Å². The highest BCUT2D eigenvalue weighted by Gasteiger charge is 2.21. The van der Waals surface area contributed by atoms with E-state index in [0.717, 1.165) is 5.56 Å². The molecular formula is C16H18N2O3. The molecule has 4 N–H and O–H groups in total. The quantitative estimate of drug-likeness (QED) is 0.753. The van der Waals surface area contributed by atoms with Gasteiger partial charge in [-0.2, -0.15) is 0 Å². The van der Waals surface area contributed by atoms with E-state index >= 15 is 0 Å². The fraction of sp³-hybridized carbons (Fsp3) is 0.188. The van der Waals surface area contributed by atoms with Crippen molar-refractivity contribution in [1.29, 1.82) is 0 Å². The lowest BCUT2D eigenvalue weighted by Gasteiger charge is -2.22. The number of benzene rings is 2. The first-order valence-electron chi connectivity index (χ1n) is 6.67. The van der Waals surface area contributed by atoms with Crippen molar-refractivity contribution in [2.75, 3.05) is 12.3 Å². The van der Waals surface area contributed by atoms with E-state index in [1.807, 2.05) is 19.1 Å². The van der Waals surface area contributed by atoms with E-state index in [1.54, 1.807) is 12.1 Å². The highest BCUT2D eigenvalue weighted by Crippen LogP contribution is 2.28. The summed E-state index contributed by atoms with van der Waals surface area (Å²) >= 11 is 0. The number of carbonyl (C=O) groups is 1. The van der Waals surface area contributed by atoms with Crippen LogP contribution in [0.2, 0.25) is 0 Å². The summed E-state index contributed by atoms with van der Waals surface area (Å²) in [6, 6.07) is 11.5. The molecule has 0 heterocycles. The molecule has 0 spiro atoms. The first-order valence-corrected chi connectivity index (χ1v) is 6.67. The summed E-state index contributed by atoms with van der Waals surface area (Å²) in [4.78, 5) is 14.0. The summed E-state index contributed by atoms with van der Waals surface area (Å²) in [7, 11) is 0. The molecule has 1 amide bonds. The van der Waals surface area contributed by atoms with Crippen molar-refractivity contribution in [2.24, 2.45) is 0 Å². The molecule has 0 atom stereocenters. The second kappa shape index (κ2) is 6.17. The molecular weight excluding hydrogens is 268 g/mol. The van der Waals surface area contributed by atoms with Gasteiger partial charge in [-0.05, 0) is 36.8 Å². The van der Waals surface area contributed by atoms with Crippen LogP contribution in [0.25, 0.3) is 0 Å². The van der Waals surface area contributed by atoms with E-state index in [-0.39, 0.29) is 17.1 Å². The van der Waals surface area contributed by atoms with Crippen LogP contribution >= 0.6 is 0 Å². The molecule has 5 heteroatoms. The predicted molar refractivity (Wildman–Crippen MR) is 81.0 cm³/mol. The molecule has 0 aromatic heterocycles. The Kier molecular flexibility index (Phi) is 4.33. The molecule has 0 aliphatic rings. The van der Waals surface area contributed by atoms with E-state index in [4.69, 9.17) is 5.73 Å². The largest absolute Gasteiger partial charge is 0.507 e. The van der Waals surface area contributed by atoms with Crippen LogP contribution in [-0.4, -0.2) is 27.6 Å². The van der Waals surface area contributed by atoms with Crippen LogP contribution in [0, 0.1) is 0 Å². The van der Waals surface area contributed by atoms with Crippen molar-refractivity contribution in [3.63, 3.8) is 0 Å². The van der Waals surface area contributed by atoms with Gasteiger partial charge in [-0.1, -0.05) is 18.2 Å². The Balaban J connectivity index is 2.27. The maximum atomic E-state index is 12.5. The third kappa shape index (κ3) is 3.25. The molecule has 0 bridgehead atoms. The first kappa shape index (κ1) is 14.7. The minimum absolute atomic E-state index is 0.0803. The Morgan fingerprint density at radius 1 is 1.14 bits per heavy atom. The summed E-state index contributed by atoms with van der Waals surface area (Å²) in [6.07, 6.45) is 0. The number of nitrogens with zero attached hydrogens (tertiary/aromatic N) is 1. The average Bonchev–Trinajstić information content (AvgIpc) is 2.44. The molecule has 0 aliphatic heterocycles. The zero-order chi connectivity index (χ0) is 15.4. The minimum Gasteiger partial charge on any atom is -0.507 e. The smallest absolute Gasteiger partial charge is 0.261 e. The van der Waals surface area contributed by atoms with Gasteiger partial charge in [0, 0.05) is 18.8 Å². The zero-order valence-electron chi connectivity index (χ0n) is 11.8. The van der Waals surface area contributed by atoms with Crippen molar-refractivity contribution in [2.45, 2.75) is 13.5 Å². The predicted octanol–water partition coefficient (Wildman–Crippen LogP) is 2.34. The fourth-order valence-corrected chi connectivity index (χ4v) is 2.14. The Morgan fingerprint density at radius 3 is 2.33 bits per heavy atom. The molecule has 0 aliphatic carbocycles. The summed E-state index contributed by atoms with van der Waals surface area (Å²) in [6.45, 7) is 2.64. The van der Waals surface area contributed by atoms with E-state index in [1.165, 1.54) is 23.1 Å². The highest BCUT2D eigenvalue weighted by molar-refractivity contribution is 5.99. The molecule has 0 saturated carbocycles. The molecule has 2 rings (SSSR count). The number of phenolic OH excluding ortho intramolecular Hbond substituents is 2. The van der Waals surface area contributed by atoms with Gasteiger partial charge in [0.25, 0.3) is 5.91 Å². The number of carbonyl (C=O) groups excluding carboxylic acids is 1. The minimum atomic E-state index is -0.421. The normalized spacial score (nSPS) is 10.3. The van der Waals surface area contributed by atoms with Gasteiger partial charge in [-0.3, -0.25) is 4.79 Å². The van der Waals surface area contributed by atoms with Crippen LogP contribution in [0.5, 0.6) is 11.5 Å². The molecule has 0 radical (unpaired) electrons. The van der Waals surface area contributed by atoms with Crippen LogP contribution in [0.4, 0.5) is 5.69 Å². The standard InChI is InChI=1S/C16H18N2O3/c1-2-18(10-11-5-3-6-12(17)9-11)16(21)15-13(19)7-4-8-14(15)20/h3-9,19-20H,2,10,17H2,1H3. The van der Waals surface area contributed by atoms with Crippen molar-refractivity contribution >= 4 is 11.6 Å². The number of nitrogen functional groups attached to an aromatic ring is 1. The van der Waals surface area contributed by atoms with Gasteiger partial charge >= 0.3 is 0 Å². The number of rotatable bonds is 4. The maximum absolute atomic E-state index is 12.5. The highest BCUT2D eigenvalue weighted by atomic mass is 16.3. The molecule has 2 aromatic rings. The Morgan fingerprint density at radius 2 is 1.76 bits per heavy atom. The molecule has 21 heavy (non-hydrogen) atoms. The zero-order valence-corrected chi connectivity index (χ0v) is 11.8. The van der Waals surface area contributed by atoms with Gasteiger partial charge in [0.15, 0.2) is 0 Å². The number of amides is 1. The van der Waals surface area contributed by atoms with Crippen molar-refractivity contribution in [3.05, 3.63) is 53.6 Å². The molecule has 0 saturated heterocycles. The van der Waals surface area contributed by atoms with Crippen molar-refractivity contribution in [1.82, 2.24) is 4.90 Å². The Labute approximate surface area is 123 Å². The van der Waals surface area contributed by atoms with Crippen LogP contribution in [0.15, 0.2) is 42.5 Å². The van der Waals surface area contributed by atoms with Gasteiger partial charge < -0.3 is 20.8 Å². The number of phenols is 2. The summed E-state index contributed by atoms with van der Waals surface area (Å²) in [5.74, 6) is -0.882. The molecule has 0 fully saturated rings. The van der Waals surface area contributed by atoms with Gasteiger partial charge in [0.2, 0.25) is 0 Å². The first-order chi connectivity index (χ1) is 10.0. The van der Waals surface area contributed by atoms with E-state index in [9.17, 15) is 15.0 Å². The summed E-state index contributed by atoms with van der Waals surface area (Å²) < 4.78 is 0. The third-order valence-corrected chi connectivity index (χ3v) is 3.23. The number of nitrogens with two attached hydrogens (primary N) is 1. The van der Waals surface area contributed by atoms with E-state index < -0.39 is 5.91 Å². The lowest BCUT2D eigenvalue weighted by atomic mass is 10.1. The van der Waals surface area contributed by atoms with Crippen molar-refractivity contribution < 1.29 is 15.0 Å². The van der Waals surface area contributed by atoms with Gasteiger partial charge in [0.1, 0.15) is 17.1 Å². The lowest BCUT2D eigenvalue weighted by molar-refractivity contribution is 0.0746. The monoisotopic (exact) mass is 286 g/mol. The van der Waals surface area contributed by atoms with Gasteiger partial charge in [-0.25, -0.2) is 0 Å². The number of hydrogen-bond donors (Lipinski definition) is 3. The SMILES string of the molecule is CCN(Cc1cccc(N)c1)C(=O)c1c(O)cccc1O. The summed E-state index contributed by atoms with van der Waals surface area (Å²) in [5.41, 5.74) is 7.16. The fourth-order valence-electron chi connectivity index (χ4n) is 2.14. The van der Waals surface area contributed by atoms with Crippen LogP contribution in [0.1, 0.15) is 22.8 Å². The lowest BCUT2D eigenvalue weighted by Crippen LogP contribution is -2.30. The van der Waals surface area contributed by atoms with Gasteiger partial charge in [0.05, 0.1) is 0 Å². The Hall–Kier alpha value is -2.69. The topological polar surface area (TPSA) is 86.8 Å². The number of anilines is 1. The van der Waals surface area contributed by atoms with Crippen LogP contribution in [-0.2, 0) is 6.54 Å². The molecule has 2 aromatic carbocycles. The van der Waals surface area contributed by atoms with Crippen molar-refractivity contribution in [3.8, 4) is 11.5 Å².